The number of nitrogens with zero attached hydrogens (tertiary/aromatic N) is 2. The number of aromatic nitrogens is 2. The molecule has 0 spiro atoms. The highest BCUT2D eigenvalue weighted by Crippen LogP contribution is 2.27. The van der Waals surface area contributed by atoms with Gasteiger partial charge < -0.3 is 0 Å². The van der Waals surface area contributed by atoms with Gasteiger partial charge in [0.05, 0.1) is 11.4 Å². The maximum Gasteiger partial charge on any atom is 0.165 e. The highest BCUT2D eigenvalue weighted by atomic mass is 16.1. The second-order valence-corrected chi connectivity index (χ2v) is 5.33. The van der Waals surface area contributed by atoms with E-state index >= 15 is 0 Å². The third-order valence-electron chi connectivity index (χ3n) is 3.83. The van der Waals surface area contributed by atoms with Crippen molar-refractivity contribution in [3.05, 3.63) is 23.0 Å². The smallest absolute Gasteiger partial charge is 0.165 e. The maximum absolute atomic E-state index is 12.4. The van der Waals surface area contributed by atoms with Gasteiger partial charge in [-0.1, -0.05) is 39.0 Å². The molecule has 1 aromatic rings. The summed E-state index contributed by atoms with van der Waals surface area (Å²) in [6, 6.07) is 1.90. The van der Waals surface area contributed by atoms with E-state index in [-0.39, 0.29) is 5.78 Å². The van der Waals surface area contributed by atoms with Crippen LogP contribution in [0.15, 0.2) is 6.07 Å². The van der Waals surface area contributed by atoms with Gasteiger partial charge in [-0.3, -0.25) is 4.79 Å². The van der Waals surface area contributed by atoms with Crippen molar-refractivity contribution in [2.45, 2.75) is 58.8 Å². The van der Waals surface area contributed by atoms with Crippen LogP contribution >= 0.6 is 0 Å². The van der Waals surface area contributed by atoms with Gasteiger partial charge in [0.25, 0.3) is 0 Å². The van der Waals surface area contributed by atoms with E-state index in [0.29, 0.717) is 12.3 Å². The van der Waals surface area contributed by atoms with Crippen LogP contribution in [0.2, 0.25) is 0 Å². The summed E-state index contributed by atoms with van der Waals surface area (Å²) in [6.07, 6.45) is 7.80. The lowest BCUT2D eigenvalue weighted by Crippen LogP contribution is -2.15. The lowest BCUT2D eigenvalue weighted by Gasteiger charge is -2.21. The predicted molar refractivity (Wildman–Crippen MR) is 71.7 cm³/mol. The first kappa shape index (κ1) is 13.2. The minimum absolute atomic E-state index is 0.261. The molecular formula is C15H22N2O. The van der Waals surface area contributed by atoms with Crippen molar-refractivity contribution in [3.8, 4) is 0 Å². The molecule has 0 radical (unpaired) electrons. The summed E-state index contributed by atoms with van der Waals surface area (Å²) in [5.41, 5.74) is 2.48. The van der Waals surface area contributed by atoms with Gasteiger partial charge in [0.15, 0.2) is 5.78 Å². The summed E-state index contributed by atoms with van der Waals surface area (Å²) >= 11 is 0. The summed E-state index contributed by atoms with van der Waals surface area (Å²) in [7, 11) is 0. The quantitative estimate of drug-likeness (QED) is 0.764. The molecule has 0 amide bonds. The molecule has 1 fully saturated rings. The Labute approximate surface area is 109 Å². The van der Waals surface area contributed by atoms with Gasteiger partial charge >= 0.3 is 0 Å². The number of carbonyl (C=O) groups is 1. The number of hydrogen-bond acceptors (Lipinski definition) is 3. The second-order valence-electron chi connectivity index (χ2n) is 5.33. The SMILES string of the molecule is CCc1nnc(C)cc1C(=O)CC1CCCCC1. The van der Waals surface area contributed by atoms with E-state index in [9.17, 15) is 4.79 Å². The van der Waals surface area contributed by atoms with E-state index in [2.05, 4.69) is 10.2 Å². The molecule has 0 N–H and O–H groups in total. The van der Waals surface area contributed by atoms with Crippen LogP contribution in [0.25, 0.3) is 0 Å². The molecule has 0 unspecified atom stereocenters. The molecule has 0 aromatic carbocycles. The Morgan fingerprint density at radius 3 is 2.67 bits per heavy atom. The van der Waals surface area contributed by atoms with Gasteiger partial charge in [-0.25, -0.2) is 0 Å². The molecule has 3 nitrogen and oxygen atoms in total. The van der Waals surface area contributed by atoms with Crippen LogP contribution in [-0.4, -0.2) is 16.0 Å². The normalized spacial score (nSPS) is 16.8. The molecule has 2 rings (SSSR count). The molecular weight excluding hydrogens is 224 g/mol. The number of rotatable bonds is 4. The van der Waals surface area contributed by atoms with Crippen molar-refractivity contribution in [2.24, 2.45) is 5.92 Å². The third-order valence-corrected chi connectivity index (χ3v) is 3.83. The number of aryl methyl sites for hydroxylation is 2. The number of hydrogen-bond donors (Lipinski definition) is 0. The zero-order valence-corrected chi connectivity index (χ0v) is 11.4. The highest BCUT2D eigenvalue weighted by Gasteiger charge is 2.20. The fraction of sp³-hybridized carbons (Fsp3) is 0.667. The van der Waals surface area contributed by atoms with Gasteiger partial charge in [-0.2, -0.15) is 10.2 Å². The van der Waals surface area contributed by atoms with Crippen molar-refractivity contribution in [1.29, 1.82) is 0 Å². The Morgan fingerprint density at radius 2 is 2.00 bits per heavy atom. The molecule has 0 bridgehead atoms. The summed E-state index contributed by atoms with van der Waals surface area (Å²) in [5, 5.41) is 8.18. The standard InChI is InChI=1S/C15H22N2O/c1-3-14-13(9-11(2)16-17-14)15(18)10-12-7-5-4-6-8-12/h9,12H,3-8,10H2,1-2H3. The molecule has 1 heterocycles. The lowest BCUT2D eigenvalue weighted by atomic mass is 9.84. The Bertz CT molecular complexity index is 423. The van der Waals surface area contributed by atoms with E-state index in [1.54, 1.807) is 0 Å². The van der Waals surface area contributed by atoms with Crippen LogP contribution < -0.4 is 0 Å². The highest BCUT2D eigenvalue weighted by molar-refractivity contribution is 5.97. The van der Waals surface area contributed by atoms with Crippen LogP contribution in [0.1, 0.15) is 67.2 Å². The fourth-order valence-corrected chi connectivity index (χ4v) is 2.78. The van der Waals surface area contributed by atoms with E-state index in [1.807, 2.05) is 19.9 Å². The first-order valence-corrected chi connectivity index (χ1v) is 7.07. The van der Waals surface area contributed by atoms with Crippen molar-refractivity contribution < 1.29 is 4.79 Å². The minimum atomic E-state index is 0.261. The van der Waals surface area contributed by atoms with E-state index in [4.69, 9.17) is 0 Å². The largest absolute Gasteiger partial charge is 0.294 e. The molecule has 1 saturated carbocycles. The number of carbonyl (C=O) groups excluding carboxylic acids is 1. The maximum atomic E-state index is 12.4. The zero-order chi connectivity index (χ0) is 13.0. The first-order valence-electron chi connectivity index (χ1n) is 7.07. The molecule has 0 saturated heterocycles. The monoisotopic (exact) mass is 246 g/mol. The van der Waals surface area contributed by atoms with Crippen molar-refractivity contribution in [1.82, 2.24) is 10.2 Å². The van der Waals surface area contributed by atoms with Crippen LogP contribution in [0, 0.1) is 12.8 Å². The molecule has 1 aliphatic carbocycles. The van der Waals surface area contributed by atoms with E-state index in [1.165, 1.54) is 32.1 Å². The molecule has 1 aromatic heterocycles. The van der Waals surface area contributed by atoms with Crippen molar-refractivity contribution in [3.63, 3.8) is 0 Å². The molecule has 98 valence electrons. The first-order chi connectivity index (χ1) is 8.70. The second kappa shape index (κ2) is 6.07. The average molecular weight is 246 g/mol. The van der Waals surface area contributed by atoms with Gasteiger partial charge in [0.1, 0.15) is 0 Å². The zero-order valence-electron chi connectivity index (χ0n) is 11.4. The molecule has 0 atom stereocenters. The lowest BCUT2D eigenvalue weighted by molar-refractivity contribution is 0.0948. The average Bonchev–Trinajstić information content (AvgIpc) is 2.40. The van der Waals surface area contributed by atoms with Gasteiger partial charge in [-0.15, -0.1) is 0 Å². The Hall–Kier alpha value is -1.25. The third kappa shape index (κ3) is 3.15. The molecule has 0 aliphatic heterocycles. The van der Waals surface area contributed by atoms with Crippen molar-refractivity contribution >= 4 is 5.78 Å². The Kier molecular flexibility index (Phi) is 4.45. The van der Waals surface area contributed by atoms with E-state index in [0.717, 1.165) is 23.4 Å². The number of ketones is 1. The predicted octanol–water partition coefficient (Wildman–Crippen LogP) is 3.50. The van der Waals surface area contributed by atoms with E-state index < -0.39 is 0 Å². The van der Waals surface area contributed by atoms with Gasteiger partial charge in [0, 0.05) is 12.0 Å². The summed E-state index contributed by atoms with van der Waals surface area (Å²) in [6.45, 7) is 3.92. The summed E-state index contributed by atoms with van der Waals surface area (Å²) in [5.74, 6) is 0.848. The summed E-state index contributed by atoms with van der Waals surface area (Å²) in [4.78, 5) is 12.4. The van der Waals surface area contributed by atoms with Gasteiger partial charge in [-0.05, 0) is 25.3 Å². The van der Waals surface area contributed by atoms with Crippen LogP contribution in [-0.2, 0) is 6.42 Å². The number of Topliss-reactive ketones (excluding diaryl/α,β-unsaturated/α-hetero) is 1. The Morgan fingerprint density at radius 1 is 1.28 bits per heavy atom. The molecule has 3 heteroatoms. The van der Waals surface area contributed by atoms with Crippen LogP contribution in [0.5, 0.6) is 0 Å². The van der Waals surface area contributed by atoms with Gasteiger partial charge in [0.2, 0.25) is 0 Å². The van der Waals surface area contributed by atoms with Crippen molar-refractivity contribution in [2.75, 3.05) is 0 Å². The molecule has 18 heavy (non-hydrogen) atoms. The van der Waals surface area contributed by atoms with Crippen LogP contribution in [0.4, 0.5) is 0 Å². The summed E-state index contributed by atoms with van der Waals surface area (Å²) < 4.78 is 0. The molecule has 1 aliphatic rings. The van der Waals surface area contributed by atoms with Crippen LogP contribution in [0.3, 0.4) is 0 Å². The topological polar surface area (TPSA) is 42.9 Å². The Balaban J connectivity index is 2.09. The fourth-order valence-electron chi connectivity index (χ4n) is 2.78. The minimum Gasteiger partial charge on any atom is -0.294 e.